The number of nitrogens with zero attached hydrogens (tertiary/aromatic N) is 1. The molecule has 5 heteroatoms. The molecule has 0 aromatic rings. The fourth-order valence-electron chi connectivity index (χ4n) is 0.383. The third-order valence-corrected chi connectivity index (χ3v) is 0.839. The maximum absolute atomic E-state index is 10.4. The summed E-state index contributed by atoms with van der Waals surface area (Å²) in [6, 6.07) is 1.70. The molecule has 0 fully saturated rings. The molecule has 0 saturated heterocycles. The Bertz CT molecular complexity index is 144. The average molecular weight is 179 g/mol. The zero-order valence-corrected chi connectivity index (χ0v) is 7.11. The molecule has 0 aromatic carbocycles. The van der Waals surface area contributed by atoms with Crippen molar-refractivity contribution in [1.29, 1.82) is 5.26 Å². The van der Waals surface area contributed by atoms with Crippen molar-refractivity contribution in [2.24, 2.45) is 0 Å². The molecule has 0 aliphatic rings. The van der Waals surface area contributed by atoms with Crippen molar-refractivity contribution in [3.63, 3.8) is 0 Å². The minimum Gasteiger partial charge on any atom is -0.464 e. The summed E-state index contributed by atoms with van der Waals surface area (Å²) >= 11 is 0. The number of rotatable bonds is 4. The van der Waals surface area contributed by atoms with Gasteiger partial charge in [0.25, 0.3) is 0 Å². The van der Waals surface area contributed by atoms with E-state index in [2.05, 4.69) is 10.1 Å². The number of nitriles is 1. The lowest BCUT2D eigenvalue weighted by Crippen LogP contribution is -2.16. The molecule has 0 bridgehead atoms. The lowest BCUT2D eigenvalue weighted by molar-refractivity contribution is -0.142. The van der Waals surface area contributed by atoms with Gasteiger partial charge in [0.2, 0.25) is 0 Å². The molecule has 0 radical (unpaired) electrons. The van der Waals surface area contributed by atoms with Crippen LogP contribution in [0.25, 0.3) is 0 Å². The van der Waals surface area contributed by atoms with Gasteiger partial charge in [-0.05, 0) is 7.05 Å². The molecule has 0 saturated carbocycles. The molecule has 0 aromatic heterocycles. The summed E-state index contributed by atoms with van der Waals surface area (Å²) < 4.78 is 4.60. The number of halogens is 1. The molecule has 0 rings (SSSR count). The summed E-state index contributed by atoms with van der Waals surface area (Å²) in [4.78, 5) is 10.4. The zero-order chi connectivity index (χ0) is 7.82. The van der Waals surface area contributed by atoms with E-state index in [4.69, 9.17) is 5.26 Å². The van der Waals surface area contributed by atoms with Gasteiger partial charge in [0.05, 0.1) is 6.07 Å². The summed E-state index contributed by atoms with van der Waals surface area (Å²) in [5, 5.41) is 10.8. The summed E-state index contributed by atoms with van der Waals surface area (Å²) in [7, 11) is 1.76. The van der Waals surface area contributed by atoms with E-state index in [0.717, 1.165) is 0 Å². The fraction of sp³-hybridized carbons (Fsp3) is 0.667. The van der Waals surface area contributed by atoms with Crippen LogP contribution in [0.15, 0.2) is 0 Å². The fourth-order valence-corrected chi connectivity index (χ4v) is 0.383. The Balaban J connectivity index is 0. The maximum atomic E-state index is 10.4. The molecule has 0 heterocycles. The maximum Gasteiger partial charge on any atom is 0.320 e. The van der Waals surface area contributed by atoms with Gasteiger partial charge in [-0.2, -0.15) is 5.26 Å². The van der Waals surface area contributed by atoms with Gasteiger partial charge in [0.1, 0.15) is 13.0 Å². The number of likely N-dealkylation sites (N-methyl/N-ethyl adjacent to an activating group) is 1. The number of hydrogen-bond acceptors (Lipinski definition) is 4. The third-order valence-electron chi connectivity index (χ3n) is 0.839. The van der Waals surface area contributed by atoms with Crippen LogP contribution >= 0.6 is 12.4 Å². The van der Waals surface area contributed by atoms with Gasteiger partial charge >= 0.3 is 5.97 Å². The molecule has 0 unspecified atom stereocenters. The summed E-state index contributed by atoms with van der Waals surface area (Å²) in [6.07, 6.45) is -0.163. The Morgan fingerprint density at radius 2 is 2.36 bits per heavy atom. The van der Waals surface area contributed by atoms with Crippen LogP contribution in [0.4, 0.5) is 0 Å². The van der Waals surface area contributed by atoms with Crippen LogP contribution in [0.2, 0.25) is 0 Å². The highest BCUT2D eigenvalue weighted by atomic mass is 35.5. The Hall–Kier alpha value is -0.790. The van der Waals surface area contributed by atoms with Crippen LogP contribution in [-0.4, -0.2) is 26.2 Å². The van der Waals surface area contributed by atoms with E-state index in [-0.39, 0.29) is 18.8 Å². The van der Waals surface area contributed by atoms with Gasteiger partial charge in [0, 0.05) is 6.54 Å². The van der Waals surface area contributed by atoms with Gasteiger partial charge in [-0.1, -0.05) is 0 Å². The van der Waals surface area contributed by atoms with Crippen LogP contribution in [0.5, 0.6) is 0 Å². The van der Waals surface area contributed by atoms with Crippen molar-refractivity contribution in [2.75, 3.05) is 20.2 Å². The minimum atomic E-state index is -0.460. The smallest absolute Gasteiger partial charge is 0.320 e. The molecular weight excluding hydrogens is 168 g/mol. The molecule has 1 N–H and O–H groups in total. The van der Waals surface area contributed by atoms with Crippen molar-refractivity contribution >= 4 is 18.4 Å². The standard InChI is InChI=1S/C6H10N2O2.ClH/c1-8-4-5-10-6(9)2-3-7;/h8H,2,4-5H2,1H3;1H. The molecule has 0 aliphatic heterocycles. The molecule has 0 spiro atoms. The molecule has 4 nitrogen and oxygen atoms in total. The van der Waals surface area contributed by atoms with Crippen LogP contribution in [-0.2, 0) is 9.53 Å². The first-order valence-electron chi connectivity index (χ1n) is 2.98. The number of ether oxygens (including phenoxy) is 1. The SMILES string of the molecule is CNCCOC(=O)CC#N.Cl. The second-order valence-electron chi connectivity index (χ2n) is 1.66. The predicted molar refractivity (Wildman–Crippen MR) is 42.4 cm³/mol. The lowest BCUT2D eigenvalue weighted by Gasteiger charge is -1.99. The van der Waals surface area contributed by atoms with Crippen molar-refractivity contribution in [3.05, 3.63) is 0 Å². The Kier molecular flexibility index (Phi) is 10.8. The van der Waals surface area contributed by atoms with Crippen molar-refractivity contribution in [3.8, 4) is 6.07 Å². The van der Waals surface area contributed by atoms with Crippen LogP contribution in [0.1, 0.15) is 6.42 Å². The monoisotopic (exact) mass is 178 g/mol. The molecule has 0 aliphatic carbocycles. The van der Waals surface area contributed by atoms with E-state index in [0.29, 0.717) is 13.2 Å². The van der Waals surface area contributed by atoms with Crippen molar-refractivity contribution in [2.45, 2.75) is 6.42 Å². The Morgan fingerprint density at radius 3 is 2.82 bits per heavy atom. The van der Waals surface area contributed by atoms with E-state index >= 15 is 0 Å². The van der Waals surface area contributed by atoms with E-state index in [1.165, 1.54) is 0 Å². The second-order valence-corrected chi connectivity index (χ2v) is 1.66. The van der Waals surface area contributed by atoms with Crippen LogP contribution in [0, 0.1) is 11.3 Å². The first kappa shape index (κ1) is 12.8. The van der Waals surface area contributed by atoms with Crippen LogP contribution < -0.4 is 5.32 Å². The van der Waals surface area contributed by atoms with Crippen molar-refractivity contribution in [1.82, 2.24) is 5.32 Å². The highest BCUT2D eigenvalue weighted by molar-refractivity contribution is 5.85. The van der Waals surface area contributed by atoms with Gasteiger partial charge in [-0.15, -0.1) is 12.4 Å². The summed E-state index contributed by atoms with van der Waals surface area (Å²) in [5.74, 6) is -0.460. The summed E-state index contributed by atoms with van der Waals surface area (Å²) in [6.45, 7) is 0.953. The Labute approximate surface area is 71.9 Å². The molecular formula is C6H11ClN2O2. The van der Waals surface area contributed by atoms with Gasteiger partial charge in [0.15, 0.2) is 0 Å². The number of esters is 1. The molecule has 0 amide bonds. The Morgan fingerprint density at radius 1 is 1.73 bits per heavy atom. The highest BCUT2D eigenvalue weighted by Gasteiger charge is 1.98. The lowest BCUT2D eigenvalue weighted by atomic mass is 10.5. The topological polar surface area (TPSA) is 62.1 Å². The second kappa shape index (κ2) is 9.21. The molecule has 11 heavy (non-hydrogen) atoms. The first-order valence-corrected chi connectivity index (χ1v) is 2.98. The number of carbonyl (C=O) groups excluding carboxylic acids is 1. The number of carbonyl (C=O) groups is 1. The average Bonchev–Trinajstić information content (AvgIpc) is 1.89. The first-order chi connectivity index (χ1) is 4.81. The highest BCUT2D eigenvalue weighted by Crippen LogP contribution is 1.81. The summed E-state index contributed by atoms with van der Waals surface area (Å²) in [5.41, 5.74) is 0. The van der Waals surface area contributed by atoms with E-state index < -0.39 is 5.97 Å². The van der Waals surface area contributed by atoms with Crippen LogP contribution in [0.3, 0.4) is 0 Å². The minimum absolute atomic E-state index is 0. The van der Waals surface area contributed by atoms with E-state index in [1.54, 1.807) is 13.1 Å². The molecule has 0 atom stereocenters. The van der Waals surface area contributed by atoms with E-state index in [9.17, 15) is 4.79 Å². The number of hydrogen-bond donors (Lipinski definition) is 1. The third kappa shape index (κ3) is 9.21. The predicted octanol–water partition coefficient (Wildman–Crippen LogP) is 0.0845. The largest absolute Gasteiger partial charge is 0.464 e. The van der Waals surface area contributed by atoms with Gasteiger partial charge in [-0.3, -0.25) is 4.79 Å². The number of nitrogens with one attached hydrogen (secondary N) is 1. The van der Waals surface area contributed by atoms with Crippen molar-refractivity contribution < 1.29 is 9.53 Å². The quantitative estimate of drug-likeness (QED) is 0.490. The van der Waals surface area contributed by atoms with Gasteiger partial charge in [-0.25, -0.2) is 0 Å². The zero-order valence-electron chi connectivity index (χ0n) is 6.29. The molecule has 64 valence electrons. The normalized spacial score (nSPS) is 7.64. The van der Waals surface area contributed by atoms with E-state index in [1.807, 2.05) is 0 Å². The van der Waals surface area contributed by atoms with Gasteiger partial charge < -0.3 is 10.1 Å².